The number of amides is 1. The van der Waals surface area contributed by atoms with E-state index in [1.165, 1.54) is 19.1 Å². The maximum Gasteiger partial charge on any atom is 0.217 e. The van der Waals surface area contributed by atoms with Gasteiger partial charge in [0.1, 0.15) is 11.6 Å². The second-order valence-electron chi connectivity index (χ2n) is 5.79. The smallest absolute Gasteiger partial charge is 0.217 e. The second kappa shape index (κ2) is 6.86. The molecule has 24 heavy (non-hydrogen) atoms. The minimum absolute atomic E-state index is 0.0195. The van der Waals surface area contributed by atoms with Crippen molar-refractivity contribution in [3.05, 3.63) is 51.8 Å². The minimum Gasteiger partial charge on any atom is -0.351 e. The first-order valence-electron chi connectivity index (χ1n) is 7.59. The van der Waals surface area contributed by atoms with Crippen LogP contribution in [0.15, 0.2) is 18.2 Å². The SMILES string of the molecule is CC(=O)NCc1cc2n(n1)CCN(Cc1c(F)ccc(Cl)c1F)C2. The van der Waals surface area contributed by atoms with Gasteiger partial charge in [0.25, 0.3) is 0 Å². The topological polar surface area (TPSA) is 50.2 Å². The lowest BCUT2D eigenvalue weighted by Crippen LogP contribution is -2.34. The average molecular weight is 355 g/mol. The van der Waals surface area contributed by atoms with Gasteiger partial charge < -0.3 is 5.32 Å². The number of nitrogens with one attached hydrogen (secondary N) is 1. The van der Waals surface area contributed by atoms with E-state index >= 15 is 0 Å². The molecule has 8 heteroatoms. The molecule has 0 aliphatic carbocycles. The van der Waals surface area contributed by atoms with Crippen molar-refractivity contribution < 1.29 is 13.6 Å². The number of aromatic nitrogens is 2. The predicted octanol–water partition coefficient (Wildman–Crippen LogP) is 2.47. The zero-order chi connectivity index (χ0) is 17.3. The summed E-state index contributed by atoms with van der Waals surface area (Å²) in [7, 11) is 0. The molecule has 0 fully saturated rings. The summed E-state index contributed by atoms with van der Waals surface area (Å²) in [5.74, 6) is -1.42. The van der Waals surface area contributed by atoms with Crippen LogP contribution in [-0.4, -0.2) is 27.1 Å². The Morgan fingerprint density at radius 3 is 2.92 bits per heavy atom. The van der Waals surface area contributed by atoms with Crippen molar-refractivity contribution in [3.8, 4) is 0 Å². The molecule has 2 heterocycles. The Bertz CT molecular complexity index is 778. The fraction of sp³-hybridized carbons (Fsp3) is 0.375. The van der Waals surface area contributed by atoms with Gasteiger partial charge in [-0.2, -0.15) is 5.10 Å². The van der Waals surface area contributed by atoms with Crippen LogP contribution >= 0.6 is 11.6 Å². The average Bonchev–Trinajstić information content (AvgIpc) is 2.95. The molecule has 0 radical (unpaired) electrons. The first-order valence-corrected chi connectivity index (χ1v) is 7.96. The van der Waals surface area contributed by atoms with E-state index in [1.54, 1.807) is 0 Å². The molecule has 1 aliphatic heterocycles. The predicted molar refractivity (Wildman–Crippen MR) is 85.2 cm³/mol. The van der Waals surface area contributed by atoms with E-state index in [0.717, 1.165) is 11.4 Å². The van der Waals surface area contributed by atoms with Crippen LogP contribution in [0.4, 0.5) is 8.78 Å². The molecular weight excluding hydrogens is 338 g/mol. The van der Waals surface area contributed by atoms with E-state index < -0.39 is 11.6 Å². The summed E-state index contributed by atoms with van der Waals surface area (Å²) in [5, 5.41) is 7.04. The summed E-state index contributed by atoms with van der Waals surface area (Å²) >= 11 is 5.74. The van der Waals surface area contributed by atoms with E-state index in [9.17, 15) is 13.6 Å². The number of hydrogen-bond donors (Lipinski definition) is 1. The molecule has 1 N–H and O–H groups in total. The minimum atomic E-state index is -0.706. The fourth-order valence-corrected chi connectivity index (χ4v) is 2.93. The lowest BCUT2D eigenvalue weighted by atomic mass is 10.1. The standard InChI is InChI=1S/C16H17ClF2N4O/c1-10(24)20-7-11-6-12-8-22(4-5-23(12)21-11)9-13-15(18)3-2-14(17)16(13)19/h2-3,6H,4-5,7-9H2,1H3,(H,20,24). The Balaban J connectivity index is 1.71. The van der Waals surface area contributed by atoms with Crippen LogP contribution in [0.25, 0.3) is 0 Å². The van der Waals surface area contributed by atoms with Crippen molar-refractivity contribution in [1.82, 2.24) is 20.0 Å². The molecule has 3 rings (SSSR count). The van der Waals surface area contributed by atoms with Gasteiger partial charge in [-0.05, 0) is 18.2 Å². The number of benzene rings is 1. The summed E-state index contributed by atoms with van der Waals surface area (Å²) in [6.45, 7) is 3.74. The van der Waals surface area contributed by atoms with Gasteiger partial charge in [-0.15, -0.1) is 0 Å². The molecule has 1 aliphatic rings. The molecule has 0 bridgehead atoms. The van der Waals surface area contributed by atoms with Crippen molar-refractivity contribution >= 4 is 17.5 Å². The van der Waals surface area contributed by atoms with Gasteiger partial charge >= 0.3 is 0 Å². The van der Waals surface area contributed by atoms with Gasteiger partial charge in [0.05, 0.1) is 29.5 Å². The summed E-state index contributed by atoms with van der Waals surface area (Å²) < 4.78 is 29.8. The maximum atomic E-state index is 14.0. The third kappa shape index (κ3) is 3.57. The van der Waals surface area contributed by atoms with Gasteiger partial charge in [-0.3, -0.25) is 14.4 Å². The number of carbonyl (C=O) groups excluding carboxylic acids is 1. The van der Waals surface area contributed by atoms with Crippen LogP contribution < -0.4 is 5.32 Å². The molecule has 128 valence electrons. The Morgan fingerprint density at radius 2 is 2.17 bits per heavy atom. The Labute approximate surface area is 143 Å². The van der Waals surface area contributed by atoms with E-state index in [2.05, 4.69) is 10.4 Å². The molecule has 0 atom stereocenters. The van der Waals surface area contributed by atoms with Crippen LogP contribution in [0.2, 0.25) is 5.02 Å². The fourth-order valence-electron chi connectivity index (χ4n) is 2.75. The highest BCUT2D eigenvalue weighted by Gasteiger charge is 2.22. The highest BCUT2D eigenvalue weighted by molar-refractivity contribution is 6.30. The summed E-state index contributed by atoms with van der Waals surface area (Å²) in [6.07, 6.45) is 0. The number of carbonyl (C=O) groups is 1. The molecule has 5 nitrogen and oxygen atoms in total. The third-order valence-electron chi connectivity index (χ3n) is 3.97. The normalized spacial score (nSPS) is 14.5. The first kappa shape index (κ1) is 16.9. The number of nitrogens with zero attached hydrogens (tertiary/aromatic N) is 3. The van der Waals surface area contributed by atoms with Gasteiger partial charge in [-0.1, -0.05) is 11.6 Å². The summed E-state index contributed by atoms with van der Waals surface area (Å²) in [6, 6.07) is 4.29. The molecular formula is C16H17ClF2N4O. The molecule has 0 saturated heterocycles. The van der Waals surface area contributed by atoms with Gasteiger partial charge in [0, 0.05) is 32.1 Å². The molecule has 0 unspecified atom stereocenters. The number of halogens is 3. The lowest BCUT2D eigenvalue weighted by Gasteiger charge is -2.27. The van der Waals surface area contributed by atoms with Crippen molar-refractivity contribution in [2.75, 3.05) is 6.54 Å². The van der Waals surface area contributed by atoms with Crippen LogP contribution in [0.3, 0.4) is 0 Å². The Hall–Kier alpha value is -1.99. The number of rotatable bonds is 4. The second-order valence-corrected chi connectivity index (χ2v) is 6.20. The van der Waals surface area contributed by atoms with E-state index in [4.69, 9.17) is 11.6 Å². The highest BCUT2D eigenvalue weighted by Crippen LogP contribution is 2.24. The van der Waals surface area contributed by atoms with Crippen molar-refractivity contribution in [2.24, 2.45) is 0 Å². The van der Waals surface area contributed by atoms with Crippen molar-refractivity contribution in [3.63, 3.8) is 0 Å². The monoisotopic (exact) mass is 354 g/mol. The van der Waals surface area contributed by atoms with E-state index in [0.29, 0.717) is 26.2 Å². The molecule has 0 saturated carbocycles. The van der Waals surface area contributed by atoms with E-state index in [1.807, 2.05) is 15.6 Å². The van der Waals surface area contributed by atoms with Crippen LogP contribution in [0, 0.1) is 11.6 Å². The highest BCUT2D eigenvalue weighted by atomic mass is 35.5. The quantitative estimate of drug-likeness (QED) is 0.858. The van der Waals surface area contributed by atoms with Crippen molar-refractivity contribution in [2.45, 2.75) is 33.1 Å². The largest absolute Gasteiger partial charge is 0.351 e. The zero-order valence-electron chi connectivity index (χ0n) is 13.2. The Morgan fingerprint density at radius 1 is 1.38 bits per heavy atom. The van der Waals surface area contributed by atoms with Crippen LogP contribution in [0.5, 0.6) is 0 Å². The number of hydrogen-bond acceptors (Lipinski definition) is 3. The summed E-state index contributed by atoms with van der Waals surface area (Å²) in [5.41, 5.74) is 1.69. The third-order valence-corrected chi connectivity index (χ3v) is 4.26. The van der Waals surface area contributed by atoms with Crippen LogP contribution in [-0.2, 0) is 31.0 Å². The summed E-state index contributed by atoms with van der Waals surface area (Å²) in [4.78, 5) is 12.9. The van der Waals surface area contributed by atoms with Gasteiger partial charge in [0.15, 0.2) is 0 Å². The van der Waals surface area contributed by atoms with Crippen LogP contribution in [0.1, 0.15) is 23.9 Å². The molecule has 1 aromatic heterocycles. The van der Waals surface area contributed by atoms with Gasteiger partial charge in [0.2, 0.25) is 5.91 Å². The Kier molecular flexibility index (Phi) is 4.82. The first-order chi connectivity index (χ1) is 11.4. The zero-order valence-corrected chi connectivity index (χ0v) is 13.9. The number of fused-ring (bicyclic) bond motifs is 1. The van der Waals surface area contributed by atoms with Gasteiger partial charge in [-0.25, -0.2) is 8.78 Å². The lowest BCUT2D eigenvalue weighted by molar-refractivity contribution is -0.119. The molecule has 0 spiro atoms. The molecule has 1 aromatic carbocycles. The van der Waals surface area contributed by atoms with Crippen molar-refractivity contribution in [1.29, 1.82) is 0 Å². The van der Waals surface area contributed by atoms with E-state index in [-0.39, 0.29) is 23.0 Å². The molecule has 1 amide bonds. The maximum absolute atomic E-state index is 14.0. The molecule has 2 aromatic rings.